The van der Waals surface area contributed by atoms with Crippen molar-refractivity contribution in [3.05, 3.63) is 12.0 Å². The first-order chi connectivity index (χ1) is 6.36. The van der Waals surface area contributed by atoms with Gasteiger partial charge in [-0.15, -0.1) is 0 Å². The highest BCUT2D eigenvalue weighted by molar-refractivity contribution is 6.66. The zero-order chi connectivity index (χ0) is 9.10. The van der Waals surface area contributed by atoms with Gasteiger partial charge >= 0.3 is 0 Å². The Morgan fingerprint density at radius 2 is 2.08 bits per heavy atom. The number of nitrogens with one attached hydrogen (secondary N) is 1. The van der Waals surface area contributed by atoms with Crippen LogP contribution in [0.15, 0.2) is 17.0 Å². The van der Waals surface area contributed by atoms with Crippen LogP contribution >= 0.6 is 11.6 Å². The van der Waals surface area contributed by atoms with E-state index in [9.17, 15) is 0 Å². The zero-order valence-corrected chi connectivity index (χ0v) is 8.35. The first-order valence-corrected chi connectivity index (χ1v) is 5.15. The molecule has 0 amide bonds. The highest BCUT2D eigenvalue weighted by Gasteiger charge is 2.14. The molecule has 0 bridgehead atoms. The molecule has 2 heterocycles. The normalized spacial score (nSPS) is 23.3. The molecule has 1 fully saturated rings. The number of piperidine rings is 1. The predicted molar refractivity (Wildman–Crippen MR) is 54.8 cm³/mol. The van der Waals surface area contributed by atoms with E-state index in [1.54, 1.807) is 0 Å². The average Bonchev–Trinajstić information content (AvgIpc) is 2.19. The molecule has 0 radical (unpaired) electrons. The lowest BCUT2D eigenvalue weighted by atomic mass is 10.1. The van der Waals surface area contributed by atoms with Crippen molar-refractivity contribution < 1.29 is 0 Å². The van der Waals surface area contributed by atoms with Crippen LogP contribution in [0.5, 0.6) is 0 Å². The van der Waals surface area contributed by atoms with Gasteiger partial charge in [0, 0.05) is 19.3 Å². The molecule has 2 rings (SSSR count). The van der Waals surface area contributed by atoms with Crippen LogP contribution in [0, 0.1) is 0 Å². The predicted octanol–water partition coefficient (Wildman–Crippen LogP) is 1.51. The first kappa shape index (κ1) is 8.88. The maximum absolute atomic E-state index is 5.85. The van der Waals surface area contributed by atoms with Gasteiger partial charge in [0.2, 0.25) is 0 Å². The maximum Gasteiger partial charge on any atom is 0.145 e. The molecule has 1 saturated heterocycles. The molecule has 3 nitrogen and oxygen atoms in total. The highest BCUT2D eigenvalue weighted by Crippen LogP contribution is 2.16. The lowest BCUT2D eigenvalue weighted by Crippen LogP contribution is -2.32. The molecule has 0 aromatic carbocycles. The van der Waals surface area contributed by atoms with Gasteiger partial charge in [0.05, 0.1) is 6.54 Å². The van der Waals surface area contributed by atoms with Gasteiger partial charge in [0.15, 0.2) is 0 Å². The topological polar surface area (TPSA) is 27.6 Å². The fraction of sp³-hybridized carbons (Fsp3) is 0.667. The summed E-state index contributed by atoms with van der Waals surface area (Å²) in [5, 5.41) is 3.77. The van der Waals surface area contributed by atoms with Crippen LogP contribution in [0.1, 0.15) is 19.3 Å². The number of hydrogen-bond acceptors (Lipinski definition) is 3. The van der Waals surface area contributed by atoms with E-state index in [-0.39, 0.29) is 0 Å². The van der Waals surface area contributed by atoms with Crippen molar-refractivity contribution in [1.82, 2.24) is 10.2 Å². The Morgan fingerprint density at radius 3 is 2.77 bits per heavy atom. The SMILES string of the molecule is ClC1=NC(N2CCCCC2)=CNC1. The van der Waals surface area contributed by atoms with E-state index >= 15 is 0 Å². The quantitative estimate of drug-likeness (QED) is 0.694. The molecular weight excluding hydrogens is 186 g/mol. The van der Waals surface area contributed by atoms with Crippen molar-refractivity contribution in [1.29, 1.82) is 0 Å². The monoisotopic (exact) mass is 199 g/mol. The number of likely N-dealkylation sites (tertiary alicyclic amines) is 1. The Kier molecular flexibility index (Phi) is 2.74. The van der Waals surface area contributed by atoms with E-state index in [4.69, 9.17) is 11.6 Å². The molecule has 0 atom stereocenters. The molecule has 72 valence electrons. The molecule has 0 spiro atoms. The average molecular weight is 200 g/mol. The number of rotatable bonds is 1. The number of aliphatic imine (C=N–C) groups is 1. The Labute approximate surface area is 83.5 Å². The minimum atomic E-state index is 0.656. The van der Waals surface area contributed by atoms with Crippen molar-refractivity contribution >= 4 is 16.8 Å². The van der Waals surface area contributed by atoms with Crippen molar-refractivity contribution in [3.63, 3.8) is 0 Å². The molecule has 2 aliphatic rings. The molecular formula is C9H14ClN3. The Morgan fingerprint density at radius 1 is 1.31 bits per heavy atom. The Bertz CT molecular complexity index is 241. The van der Waals surface area contributed by atoms with Gasteiger partial charge in [0.25, 0.3) is 0 Å². The van der Waals surface area contributed by atoms with Crippen molar-refractivity contribution in [2.45, 2.75) is 19.3 Å². The second-order valence-electron chi connectivity index (χ2n) is 3.42. The van der Waals surface area contributed by atoms with Crippen LogP contribution in [0.3, 0.4) is 0 Å². The number of hydrogen-bond donors (Lipinski definition) is 1. The number of halogens is 1. The van der Waals surface area contributed by atoms with Crippen LogP contribution in [0.4, 0.5) is 0 Å². The van der Waals surface area contributed by atoms with E-state index in [1.165, 1.54) is 19.3 Å². The molecule has 1 N–H and O–H groups in total. The third-order valence-electron chi connectivity index (χ3n) is 2.40. The molecule has 2 aliphatic heterocycles. The standard InChI is InChI=1S/C9H14ClN3/c10-8-6-11-7-9(12-8)13-4-2-1-3-5-13/h7,11H,1-6H2. The number of nitrogens with zero attached hydrogens (tertiary/aromatic N) is 2. The van der Waals surface area contributed by atoms with Crippen LogP contribution in [-0.4, -0.2) is 29.7 Å². The second-order valence-corrected chi connectivity index (χ2v) is 3.86. The maximum atomic E-state index is 5.85. The van der Waals surface area contributed by atoms with Crippen LogP contribution in [-0.2, 0) is 0 Å². The fourth-order valence-electron chi connectivity index (χ4n) is 1.71. The summed E-state index contributed by atoms with van der Waals surface area (Å²) in [7, 11) is 0. The second kappa shape index (κ2) is 4.01. The van der Waals surface area contributed by atoms with Crippen molar-refractivity contribution in [2.75, 3.05) is 19.6 Å². The summed E-state index contributed by atoms with van der Waals surface area (Å²) in [5.41, 5.74) is 0. The smallest absolute Gasteiger partial charge is 0.145 e. The highest BCUT2D eigenvalue weighted by atomic mass is 35.5. The van der Waals surface area contributed by atoms with Crippen molar-refractivity contribution in [3.8, 4) is 0 Å². The van der Waals surface area contributed by atoms with Crippen LogP contribution < -0.4 is 5.32 Å². The molecule has 0 saturated carbocycles. The molecule has 0 aromatic heterocycles. The lowest BCUT2D eigenvalue weighted by Gasteiger charge is -2.29. The molecule has 4 heteroatoms. The summed E-state index contributed by atoms with van der Waals surface area (Å²) in [6, 6.07) is 0. The molecule has 0 aromatic rings. The third kappa shape index (κ3) is 2.15. The van der Waals surface area contributed by atoms with Gasteiger partial charge in [0.1, 0.15) is 11.0 Å². The van der Waals surface area contributed by atoms with Crippen LogP contribution in [0.25, 0.3) is 0 Å². The Hall–Kier alpha value is -0.700. The van der Waals surface area contributed by atoms with Gasteiger partial charge in [-0.3, -0.25) is 0 Å². The summed E-state index contributed by atoms with van der Waals surface area (Å²) in [6.07, 6.45) is 5.83. The summed E-state index contributed by atoms with van der Waals surface area (Å²) in [6.45, 7) is 2.89. The fourth-order valence-corrected chi connectivity index (χ4v) is 1.87. The van der Waals surface area contributed by atoms with Crippen LogP contribution in [0.2, 0.25) is 0 Å². The summed E-state index contributed by atoms with van der Waals surface area (Å²) in [4.78, 5) is 6.60. The Balaban J connectivity index is 2.02. The van der Waals surface area contributed by atoms with Crippen molar-refractivity contribution in [2.24, 2.45) is 4.99 Å². The van der Waals surface area contributed by atoms with E-state index < -0.39 is 0 Å². The van der Waals surface area contributed by atoms with E-state index in [0.29, 0.717) is 11.7 Å². The third-order valence-corrected chi connectivity index (χ3v) is 2.61. The summed E-state index contributed by atoms with van der Waals surface area (Å²) >= 11 is 5.85. The largest absolute Gasteiger partial charge is 0.381 e. The van der Waals surface area contributed by atoms with Gasteiger partial charge in [-0.1, -0.05) is 11.6 Å². The minimum absolute atomic E-state index is 0.656. The molecule has 13 heavy (non-hydrogen) atoms. The zero-order valence-electron chi connectivity index (χ0n) is 7.59. The van der Waals surface area contributed by atoms with E-state index in [1.807, 2.05) is 6.20 Å². The van der Waals surface area contributed by atoms with Gasteiger partial charge < -0.3 is 10.2 Å². The minimum Gasteiger partial charge on any atom is -0.381 e. The molecule has 0 unspecified atom stereocenters. The van der Waals surface area contributed by atoms with Gasteiger partial charge in [-0.05, 0) is 19.3 Å². The van der Waals surface area contributed by atoms with E-state index in [0.717, 1.165) is 18.9 Å². The van der Waals surface area contributed by atoms with E-state index in [2.05, 4.69) is 15.2 Å². The lowest BCUT2D eigenvalue weighted by molar-refractivity contribution is 0.281. The first-order valence-electron chi connectivity index (χ1n) is 4.78. The van der Waals surface area contributed by atoms with Gasteiger partial charge in [-0.2, -0.15) is 0 Å². The van der Waals surface area contributed by atoms with Gasteiger partial charge in [-0.25, -0.2) is 4.99 Å². The summed E-state index contributed by atoms with van der Waals surface area (Å²) < 4.78 is 0. The summed E-state index contributed by atoms with van der Waals surface area (Å²) in [5.74, 6) is 0.996. The molecule has 0 aliphatic carbocycles.